The molecule has 1 aromatic rings. The van der Waals surface area contributed by atoms with Gasteiger partial charge in [-0.15, -0.1) is 0 Å². The molecule has 2 unspecified atom stereocenters. The van der Waals surface area contributed by atoms with Crippen LogP contribution < -0.4 is 10.1 Å². The van der Waals surface area contributed by atoms with Gasteiger partial charge in [0.15, 0.2) is 0 Å². The molecular formula is C16H27NO. The summed E-state index contributed by atoms with van der Waals surface area (Å²) in [7, 11) is 1.75. The predicted molar refractivity (Wildman–Crippen MR) is 78.4 cm³/mol. The van der Waals surface area contributed by atoms with E-state index in [1.807, 2.05) is 0 Å². The summed E-state index contributed by atoms with van der Waals surface area (Å²) in [5, 5.41) is 3.56. The van der Waals surface area contributed by atoms with E-state index in [0.717, 1.165) is 18.7 Å². The summed E-state index contributed by atoms with van der Waals surface area (Å²) in [5.41, 5.74) is 2.62. The van der Waals surface area contributed by atoms with E-state index in [1.165, 1.54) is 17.5 Å². The van der Waals surface area contributed by atoms with Crippen molar-refractivity contribution >= 4 is 0 Å². The van der Waals surface area contributed by atoms with Crippen molar-refractivity contribution in [3.63, 3.8) is 0 Å². The molecule has 0 saturated carbocycles. The molecule has 0 radical (unpaired) electrons. The van der Waals surface area contributed by atoms with Gasteiger partial charge in [-0.25, -0.2) is 0 Å². The molecule has 0 heterocycles. The number of rotatable bonds is 7. The summed E-state index contributed by atoms with van der Waals surface area (Å²) in [6.07, 6.45) is 2.24. The van der Waals surface area contributed by atoms with Crippen molar-refractivity contribution in [3.05, 3.63) is 29.3 Å². The van der Waals surface area contributed by atoms with Gasteiger partial charge in [-0.05, 0) is 43.9 Å². The minimum Gasteiger partial charge on any atom is -0.496 e. The highest BCUT2D eigenvalue weighted by atomic mass is 16.5. The van der Waals surface area contributed by atoms with E-state index in [-0.39, 0.29) is 0 Å². The number of nitrogens with one attached hydrogen (secondary N) is 1. The molecule has 2 atom stereocenters. The summed E-state index contributed by atoms with van der Waals surface area (Å²) in [4.78, 5) is 0. The van der Waals surface area contributed by atoms with Crippen LogP contribution in [-0.2, 0) is 6.42 Å². The number of aryl methyl sites for hydroxylation is 1. The predicted octanol–water partition coefficient (Wildman–Crippen LogP) is 3.57. The van der Waals surface area contributed by atoms with Crippen LogP contribution in [0.3, 0.4) is 0 Å². The summed E-state index contributed by atoms with van der Waals surface area (Å²) >= 11 is 0. The van der Waals surface area contributed by atoms with E-state index in [9.17, 15) is 0 Å². The van der Waals surface area contributed by atoms with Crippen molar-refractivity contribution in [2.75, 3.05) is 13.7 Å². The Morgan fingerprint density at radius 1 is 1.28 bits per heavy atom. The Kier molecular flexibility index (Phi) is 6.20. The van der Waals surface area contributed by atoms with Crippen LogP contribution in [0, 0.1) is 12.8 Å². The first-order valence-corrected chi connectivity index (χ1v) is 6.99. The summed E-state index contributed by atoms with van der Waals surface area (Å²) in [6, 6.07) is 7.01. The number of ether oxygens (including phenoxy) is 1. The molecule has 1 aromatic carbocycles. The zero-order valence-electron chi connectivity index (χ0n) is 12.4. The van der Waals surface area contributed by atoms with Crippen LogP contribution in [0.25, 0.3) is 0 Å². The van der Waals surface area contributed by atoms with E-state index < -0.39 is 0 Å². The van der Waals surface area contributed by atoms with Crippen LogP contribution in [0.5, 0.6) is 5.75 Å². The van der Waals surface area contributed by atoms with Crippen molar-refractivity contribution in [1.82, 2.24) is 5.32 Å². The lowest BCUT2D eigenvalue weighted by molar-refractivity contribution is 0.360. The maximum atomic E-state index is 5.45. The number of hydrogen-bond donors (Lipinski definition) is 1. The monoisotopic (exact) mass is 249 g/mol. The standard InChI is InChI=1S/C16H27NO/c1-6-15(17-7-2)13(4)11-14-10-12(3)8-9-16(14)18-5/h8-10,13,15,17H,6-7,11H2,1-5H3. The Hall–Kier alpha value is -1.02. The molecule has 0 fully saturated rings. The van der Waals surface area contributed by atoms with E-state index in [1.54, 1.807) is 7.11 Å². The zero-order chi connectivity index (χ0) is 13.5. The highest BCUT2D eigenvalue weighted by molar-refractivity contribution is 5.37. The van der Waals surface area contributed by atoms with Gasteiger partial charge in [-0.2, -0.15) is 0 Å². The molecule has 0 saturated heterocycles. The van der Waals surface area contributed by atoms with Crippen LogP contribution in [0.1, 0.15) is 38.3 Å². The number of benzene rings is 1. The quantitative estimate of drug-likeness (QED) is 0.797. The highest BCUT2D eigenvalue weighted by Gasteiger charge is 2.16. The Balaban J connectivity index is 2.79. The minimum atomic E-state index is 0.584. The summed E-state index contributed by atoms with van der Waals surface area (Å²) in [5.74, 6) is 1.63. The lowest BCUT2D eigenvalue weighted by Gasteiger charge is -2.24. The summed E-state index contributed by atoms with van der Waals surface area (Å²) < 4.78 is 5.45. The topological polar surface area (TPSA) is 21.3 Å². The molecule has 0 aliphatic carbocycles. The SMILES string of the molecule is CCNC(CC)C(C)Cc1cc(C)ccc1OC. The third kappa shape index (κ3) is 4.02. The van der Waals surface area contributed by atoms with Gasteiger partial charge >= 0.3 is 0 Å². The zero-order valence-corrected chi connectivity index (χ0v) is 12.4. The fourth-order valence-electron chi connectivity index (χ4n) is 2.57. The molecule has 0 aromatic heterocycles. The van der Waals surface area contributed by atoms with Crippen molar-refractivity contribution < 1.29 is 4.74 Å². The minimum absolute atomic E-state index is 0.584. The van der Waals surface area contributed by atoms with Crippen LogP contribution in [0.15, 0.2) is 18.2 Å². The third-order valence-electron chi connectivity index (χ3n) is 3.57. The molecule has 1 N–H and O–H groups in total. The average molecular weight is 249 g/mol. The maximum Gasteiger partial charge on any atom is 0.122 e. The second-order valence-corrected chi connectivity index (χ2v) is 5.07. The van der Waals surface area contributed by atoms with Crippen LogP contribution in [-0.4, -0.2) is 19.7 Å². The molecule has 0 spiro atoms. The number of hydrogen-bond acceptors (Lipinski definition) is 2. The Morgan fingerprint density at radius 3 is 2.56 bits per heavy atom. The van der Waals surface area contributed by atoms with Crippen molar-refractivity contribution in [3.8, 4) is 5.75 Å². The van der Waals surface area contributed by atoms with Crippen LogP contribution in [0.2, 0.25) is 0 Å². The van der Waals surface area contributed by atoms with Gasteiger partial charge in [0, 0.05) is 6.04 Å². The molecule has 0 aliphatic heterocycles. The van der Waals surface area contributed by atoms with Crippen LogP contribution >= 0.6 is 0 Å². The van der Waals surface area contributed by atoms with Crippen molar-refractivity contribution in [2.45, 2.75) is 46.6 Å². The Labute approximate surface area is 112 Å². The lowest BCUT2D eigenvalue weighted by atomic mass is 9.91. The van der Waals surface area contributed by atoms with Gasteiger partial charge in [0.05, 0.1) is 7.11 Å². The van der Waals surface area contributed by atoms with Gasteiger partial charge < -0.3 is 10.1 Å². The largest absolute Gasteiger partial charge is 0.496 e. The van der Waals surface area contributed by atoms with E-state index in [4.69, 9.17) is 4.74 Å². The first kappa shape index (κ1) is 15.0. The van der Waals surface area contributed by atoms with E-state index in [2.05, 4.69) is 51.2 Å². The fourth-order valence-corrected chi connectivity index (χ4v) is 2.57. The van der Waals surface area contributed by atoms with Crippen LogP contribution in [0.4, 0.5) is 0 Å². The molecule has 0 bridgehead atoms. The molecule has 102 valence electrons. The van der Waals surface area contributed by atoms with Gasteiger partial charge in [-0.3, -0.25) is 0 Å². The van der Waals surface area contributed by atoms with E-state index >= 15 is 0 Å². The first-order chi connectivity index (χ1) is 8.62. The normalized spacial score (nSPS) is 14.3. The molecular weight excluding hydrogens is 222 g/mol. The molecule has 0 amide bonds. The molecule has 1 rings (SSSR count). The van der Waals surface area contributed by atoms with Gasteiger partial charge in [-0.1, -0.05) is 38.5 Å². The lowest BCUT2D eigenvalue weighted by Crippen LogP contribution is -2.35. The van der Waals surface area contributed by atoms with Crippen molar-refractivity contribution in [2.24, 2.45) is 5.92 Å². The molecule has 2 heteroatoms. The smallest absolute Gasteiger partial charge is 0.122 e. The number of methoxy groups -OCH3 is 1. The first-order valence-electron chi connectivity index (χ1n) is 6.99. The van der Waals surface area contributed by atoms with Crippen molar-refractivity contribution in [1.29, 1.82) is 0 Å². The average Bonchev–Trinajstić information content (AvgIpc) is 2.36. The molecule has 18 heavy (non-hydrogen) atoms. The van der Waals surface area contributed by atoms with Gasteiger partial charge in [0.1, 0.15) is 5.75 Å². The summed E-state index contributed by atoms with van der Waals surface area (Å²) in [6.45, 7) is 9.90. The van der Waals surface area contributed by atoms with E-state index in [0.29, 0.717) is 12.0 Å². The van der Waals surface area contributed by atoms with Gasteiger partial charge in [0.25, 0.3) is 0 Å². The third-order valence-corrected chi connectivity index (χ3v) is 3.57. The highest BCUT2D eigenvalue weighted by Crippen LogP contribution is 2.24. The molecule has 0 aliphatic rings. The maximum absolute atomic E-state index is 5.45. The second kappa shape index (κ2) is 7.42. The second-order valence-electron chi connectivity index (χ2n) is 5.07. The fraction of sp³-hybridized carbons (Fsp3) is 0.625. The molecule has 2 nitrogen and oxygen atoms in total. The Morgan fingerprint density at radius 2 is 2.00 bits per heavy atom. The Bertz CT molecular complexity index is 362. The van der Waals surface area contributed by atoms with Gasteiger partial charge in [0.2, 0.25) is 0 Å².